The molecule has 94 valence electrons. The lowest BCUT2D eigenvalue weighted by Crippen LogP contribution is -2.30. The Balaban J connectivity index is 3.09. The molecule has 0 radical (unpaired) electrons. The molecule has 1 aromatic rings. The van der Waals surface area contributed by atoms with Crippen LogP contribution in [0.4, 0.5) is 0 Å². The van der Waals surface area contributed by atoms with Gasteiger partial charge < -0.3 is 20.9 Å². The van der Waals surface area contributed by atoms with Gasteiger partial charge in [-0.05, 0) is 40.5 Å². The van der Waals surface area contributed by atoms with Crippen LogP contribution in [-0.2, 0) is 11.3 Å². The lowest BCUT2D eigenvalue weighted by molar-refractivity contribution is -0.124. The van der Waals surface area contributed by atoms with Crippen molar-refractivity contribution < 1.29 is 14.3 Å². The molecule has 1 atom stereocenters. The Bertz CT molecular complexity index is 423. The van der Waals surface area contributed by atoms with Gasteiger partial charge >= 0.3 is 0 Å². The van der Waals surface area contributed by atoms with E-state index in [9.17, 15) is 4.79 Å². The lowest BCUT2D eigenvalue weighted by Gasteiger charge is -2.16. The fourth-order valence-corrected chi connectivity index (χ4v) is 1.82. The van der Waals surface area contributed by atoms with Crippen molar-refractivity contribution in [2.45, 2.75) is 19.6 Å². The predicted molar refractivity (Wildman–Crippen MR) is 67.9 cm³/mol. The Labute approximate surface area is 108 Å². The number of hydrogen-bond donors (Lipinski definition) is 2. The summed E-state index contributed by atoms with van der Waals surface area (Å²) >= 11 is 3.34. The molecule has 0 aromatic heterocycles. The predicted octanol–water partition coefficient (Wildman–Crippen LogP) is 1.17. The Morgan fingerprint density at radius 3 is 2.65 bits per heavy atom. The highest BCUT2D eigenvalue weighted by Crippen LogP contribution is 2.37. The smallest absolute Gasteiger partial charge is 0.258 e. The van der Waals surface area contributed by atoms with E-state index in [1.54, 1.807) is 13.0 Å². The maximum Gasteiger partial charge on any atom is 0.258 e. The van der Waals surface area contributed by atoms with Crippen molar-refractivity contribution >= 4 is 21.8 Å². The second-order valence-corrected chi connectivity index (χ2v) is 4.33. The number of benzene rings is 1. The van der Waals surface area contributed by atoms with E-state index in [2.05, 4.69) is 15.9 Å². The summed E-state index contributed by atoms with van der Waals surface area (Å²) in [5.74, 6) is 0.408. The Morgan fingerprint density at radius 1 is 1.53 bits per heavy atom. The highest BCUT2D eigenvalue weighted by atomic mass is 79.9. The van der Waals surface area contributed by atoms with Gasteiger partial charge in [0.1, 0.15) is 0 Å². The SMILES string of the molecule is COc1cc(CN)cc(Br)c1OC(C)C(N)=O. The number of carbonyl (C=O) groups is 1. The van der Waals surface area contributed by atoms with Crippen LogP contribution in [0.5, 0.6) is 11.5 Å². The van der Waals surface area contributed by atoms with E-state index in [4.69, 9.17) is 20.9 Å². The van der Waals surface area contributed by atoms with E-state index in [1.807, 2.05) is 6.07 Å². The maximum absolute atomic E-state index is 11.0. The van der Waals surface area contributed by atoms with E-state index in [0.717, 1.165) is 5.56 Å². The number of rotatable bonds is 5. The van der Waals surface area contributed by atoms with Crippen molar-refractivity contribution in [2.24, 2.45) is 11.5 Å². The zero-order valence-corrected chi connectivity index (χ0v) is 11.3. The number of carbonyl (C=O) groups excluding carboxylic acids is 1. The molecule has 0 aliphatic heterocycles. The summed E-state index contributed by atoms with van der Waals surface area (Å²) in [5.41, 5.74) is 11.6. The Hall–Kier alpha value is -1.27. The first-order valence-corrected chi connectivity index (χ1v) is 5.81. The third kappa shape index (κ3) is 3.34. The first-order chi connectivity index (χ1) is 7.99. The maximum atomic E-state index is 11.0. The molecule has 0 aliphatic carbocycles. The largest absolute Gasteiger partial charge is 0.493 e. The second kappa shape index (κ2) is 5.88. The molecule has 1 rings (SSSR count). The monoisotopic (exact) mass is 302 g/mol. The quantitative estimate of drug-likeness (QED) is 0.854. The van der Waals surface area contributed by atoms with Crippen molar-refractivity contribution in [3.63, 3.8) is 0 Å². The summed E-state index contributed by atoms with van der Waals surface area (Å²) in [6, 6.07) is 3.57. The molecular formula is C11H15BrN2O3. The van der Waals surface area contributed by atoms with E-state index in [0.29, 0.717) is 22.5 Å². The van der Waals surface area contributed by atoms with Crippen molar-refractivity contribution in [2.75, 3.05) is 7.11 Å². The van der Waals surface area contributed by atoms with Gasteiger partial charge in [0.05, 0.1) is 11.6 Å². The molecule has 1 amide bonds. The molecule has 0 spiro atoms. The third-order valence-electron chi connectivity index (χ3n) is 2.22. The number of nitrogens with two attached hydrogens (primary N) is 2. The van der Waals surface area contributed by atoms with Gasteiger partial charge in [0, 0.05) is 6.54 Å². The van der Waals surface area contributed by atoms with E-state index in [1.165, 1.54) is 7.11 Å². The average Bonchev–Trinajstić information content (AvgIpc) is 2.30. The summed E-state index contributed by atoms with van der Waals surface area (Å²) in [6.45, 7) is 1.96. The number of primary amides is 1. The average molecular weight is 303 g/mol. The zero-order valence-electron chi connectivity index (χ0n) is 9.70. The molecule has 0 saturated heterocycles. The summed E-state index contributed by atoms with van der Waals surface area (Å²) in [4.78, 5) is 11.0. The third-order valence-corrected chi connectivity index (χ3v) is 2.81. The van der Waals surface area contributed by atoms with E-state index >= 15 is 0 Å². The number of hydrogen-bond acceptors (Lipinski definition) is 4. The molecule has 0 aliphatic rings. The van der Waals surface area contributed by atoms with E-state index in [-0.39, 0.29) is 0 Å². The van der Waals surface area contributed by atoms with E-state index < -0.39 is 12.0 Å². The number of ether oxygens (including phenoxy) is 2. The molecular weight excluding hydrogens is 288 g/mol. The molecule has 0 saturated carbocycles. The molecule has 17 heavy (non-hydrogen) atoms. The second-order valence-electron chi connectivity index (χ2n) is 3.48. The first kappa shape index (κ1) is 13.8. The standard InChI is InChI=1S/C11H15BrN2O3/c1-6(11(14)15)17-10-8(12)3-7(5-13)4-9(10)16-2/h3-4,6H,5,13H2,1-2H3,(H2,14,15). The van der Waals surface area contributed by atoms with Crippen LogP contribution in [0.15, 0.2) is 16.6 Å². The zero-order chi connectivity index (χ0) is 13.0. The normalized spacial score (nSPS) is 12.0. The summed E-state index contributed by atoms with van der Waals surface area (Å²) in [6.07, 6.45) is -0.732. The highest BCUT2D eigenvalue weighted by Gasteiger charge is 2.17. The van der Waals surface area contributed by atoms with Crippen LogP contribution < -0.4 is 20.9 Å². The van der Waals surface area contributed by atoms with Crippen LogP contribution in [-0.4, -0.2) is 19.1 Å². The Kier molecular flexibility index (Phi) is 4.77. The van der Waals surface area contributed by atoms with Gasteiger partial charge in [-0.1, -0.05) is 0 Å². The molecule has 1 unspecified atom stereocenters. The minimum atomic E-state index is -0.732. The topological polar surface area (TPSA) is 87.6 Å². The van der Waals surface area contributed by atoms with Crippen LogP contribution in [0, 0.1) is 0 Å². The summed E-state index contributed by atoms with van der Waals surface area (Å²) < 4.78 is 11.3. The van der Waals surface area contributed by atoms with Crippen LogP contribution >= 0.6 is 15.9 Å². The highest BCUT2D eigenvalue weighted by molar-refractivity contribution is 9.10. The number of methoxy groups -OCH3 is 1. The molecule has 6 heteroatoms. The van der Waals surface area contributed by atoms with Crippen LogP contribution in [0.3, 0.4) is 0 Å². The van der Waals surface area contributed by atoms with Gasteiger partial charge in [-0.15, -0.1) is 0 Å². The van der Waals surface area contributed by atoms with Crippen molar-refractivity contribution in [1.82, 2.24) is 0 Å². The van der Waals surface area contributed by atoms with Gasteiger partial charge in [0.15, 0.2) is 17.6 Å². The van der Waals surface area contributed by atoms with Gasteiger partial charge in [-0.3, -0.25) is 4.79 Å². The van der Waals surface area contributed by atoms with Gasteiger partial charge in [0.25, 0.3) is 5.91 Å². The Morgan fingerprint density at radius 2 is 2.18 bits per heavy atom. The molecule has 0 bridgehead atoms. The lowest BCUT2D eigenvalue weighted by atomic mass is 10.2. The van der Waals surface area contributed by atoms with Crippen LogP contribution in [0.2, 0.25) is 0 Å². The summed E-state index contributed by atoms with van der Waals surface area (Å²) in [5, 5.41) is 0. The minimum absolute atomic E-state index is 0.389. The van der Waals surface area contributed by atoms with Crippen LogP contribution in [0.25, 0.3) is 0 Å². The van der Waals surface area contributed by atoms with Gasteiger partial charge in [0.2, 0.25) is 0 Å². The number of halogens is 1. The van der Waals surface area contributed by atoms with Crippen molar-refractivity contribution in [3.8, 4) is 11.5 Å². The molecule has 1 aromatic carbocycles. The van der Waals surface area contributed by atoms with Crippen molar-refractivity contribution in [3.05, 3.63) is 22.2 Å². The van der Waals surface area contributed by atoms with Crippen molar-refractivity contribution in [1.29, 1.82) is 0 Å². The minimum Gasteiger partial charge on any atom is -0.493 e. The number of amides is 1. The van der Waals surface area contributed by atoms with Gasteiger partial charge in [-0.25, -0.2) is 0 Å². The molecule has 0 fully saturated rings. The van der Waals surface area contributed by atoms with Gasteiger partial charge in [-0.2, -0.15) is 0 Å². The fraction of sp³-hybridized carbons (Fsp3) is 0.364. The fourth-order valence-electron chi connectivity index (χ4n) is 1.24. The molecule has 4 N–H and O–H groups in total. The summed E-state index contributed by atoms with van der Waals surface area (Å²) in [7, 11) is 1.52. The first-order valence-electron chi connectivity index (χ1n) is 5.02. The van der Waals surface area contributed by atoms with Crippen LogP contribution in [0.1, 0.15) is 12.5 Å². The molecule has 0 heterocycles. The molecule has 5 nitrogen and oxygen atoms in total.